The van der Waals surface area contributed by atoms with Gasteiger partial charge in [0.2, 0.25) is 5.91 Å². The lowest BCUT2D eigenvalue weighted by atomic mass is 9.72. The van der Waals surface area contributed by atoms with E-state index >= 15 is 0 Å². The smallest absolute Gasteiger partial charge is 0.394 e. The normalized spacial score (nSPS) is 22.6. The zero-order valence-corrected chi connectivity index (χ0v) is 34.3. The molecule has 0 radical (unpaired) electrons. The fourth-order valence-electron chi connectivity index (χ4n) is 9.30. The molecule has 1 aliphatic carbocycles. The van der Waals surface area contributed by atoms with E-state index in [9.17, 15) is 35.9 Å². The van der Waals surface area contributed by atoms with Crippen LogP contribution in [0.2, 0.25) is 10.0 Å². The van der Waals surface area contributed by atoms with E-state index in [0.29, 0.717) is 76.1 Å². The fraction of sp³-hybridized carbons (Fsp3) is 0.535. The third kappa shape index (κ3) is 9.62. The number of aliphatic hydroxyl groups is 1. The van der Waals surface area contributed by atoms with Crippen molar-refractivity contribution in [2.75, 3.05) is 72.2 Å². The number of alkyl halides is 6. The minimum absolute atomic E-state index is 0.000265. The second-order valence-corrected chi connectivity index (χ2v) is 16.9. The van der Waals surface area contributed by atoms with Crippen molar-refractivity contribution in [1.29, 1.82) is 0 Å². The highest BCUT2D eigenvalue weighted by molar-refractivity contribution is 6.42. The molecule has 4 aliphatic rings. The summed E-state index contributed by atoms with van der Waals surface area (Å²) in [6.07, 6.45) is -6.57. The van der Waals surface area contributed by atoms with Crippen LogP contribution in [0.3, 0.4) is 0 Å². The van der Waals surface area contributed by atoms with Gasteiger partial charge in [-0.3, -0.25) is 9.59 Å². The van der Waals surface area contributed by atoms with Crippen molar-refractivity contribution in [3.8, 4) is 0 Å². The van der Waals surface area contributed by atoms with Crippen molar-refractivity contribution >= 4 is 35.0 Å². The van der Waals surface area contributed by atoms with E-state index < -0.39 is 40.6 Å². The fourth-order valence-corrected chi connectivity index (χ4v) is 9.60. The maximum atomic E-state index is 13.8. The van der Waals surface area contributed by atoms with E-state index in [4.69, 9.17) is 42.5 Å². The average Bonchev–Trinajstić information content (AvgIpc) is 3.53. The van der Waals surface area contributed by atoms with Crippen molar-refractivity contribution in [3.05, 3.63) is 104 Å². The van der Waals surface area contributed by atoms with Crippen LogP contribution in [0.1, 0.15) is 70.3 Å². The van der Waals surface area contributed by atoms with E-state index in [0.717, 1.165) is 12.8 Å². The summed E-state index contributed by atoms with van der Waals surface area (Å²) >= 11 is 12.7. The standard InChI is InChI=1S/C43H47Cl2F6N3O6/c44-35-6-5-30(25-36(35)45)41(27-54(17-19-60-41)39(57)29-21-31(42(46,47)48)24-32(22-29)43(49,50)51)11-16-52-14-9-40(10-15-52)34-4-2-1-3-28(34)23-37(40)59-26-38(56)53-12-7-33(8-13-53)58-20-18-55/h1-6,21-22,24-25,33,37,55H,7-20,23,26-27H2/t37-,41-/m0/s1. The van der Waals surface area contributed by atoms with Crippen LogP contribution in [0.15, 0.2) is 60.7 Å². The van der Waals surface area contributed by atoms with Crippen LogP contribution in [0.5, 0.6) is 0 Å². The Morgan fingerprint density at radius 3 is 2.17 bits per heavy atom. The number of hydrogen-bond acceptors (Lipinski definition) is 7. The summed E-state index contributed by atoms with van der Waals surface area (Å²) in [5.41, 5.74) is -2.46. The molecular formula is C43H47Cl2F6N3O6. The largest absolute Gasteiger partial charge is 0.416 e. The number of benzene rings is 3. The maximum Gasteiger partial charge on any atom is 0.416 e. The second-order valence-electron chi connectivity index (χ2n) is 16.1. The number of ether oxygens (including phenoxy) is 3. The Morgan fingerprint density at radius 2 is 1.52 bits per heavy atom. The number of piperidine rings is 2. The first-order chi connectivity index (χ1) is 28.5. The van der Waals surface area contributed by atoms with Gasteiger partial charge in [0.25, 0.3) is 5.91 Å². The number of amides is 2. The number of fused-ring (bicyclic) bond motifs is 2. The van der Waals surface area contributed by atoms with Crippen LogP contribution < -0.4 is 0 Å². The monoisotopic (exact) mass is 885 g/mol. The summed E-state index contributed by atoms with van der Waals surface area (Å²) in [6.45, 7) is 2.86. The van der Waals surface area contributed by atoms with E-state index in [2.05, 4.69) is 17.0 Å². The Balaban J connectivity index is 1.06. The molecule has 60 heavy (non-hydrogen) atoms. The molecule has 326 valence electrons. The predicted molar refractivity (Wildman–Crippen MR) is 211 cm³/mol. The number of rotatable bonds is 11. The zero-order valence-electron chi connectivity index (χ0n) is 32.8. The second kappa shape index (κ2) is 18.1. The van der Waals surface area contributed by atoms with Crippen LogP contribution in [-0.4, -0.2) is 116 Å². The van der Waals surface area contributed by atoms with Gasteiger partial charge in [-0.25, -0.2) is 0 Å². The molecule has 3 aromatic rings. The lowest BCUT2D eigenvalue weighted by molar-refractivity contribution is -0.144. The van der Waals surface area contributed by atoms with Gasteiger partial charge >= 0.3 is 12.4 Å². The van der Waals surface area contributed by atoms with E-state index in [1.165, 1.54) is 16.0 Å². The molecule has 0 bridgehead atoms. The van der Waals surface area contributed by atoms with Crippen LogP contribution in [0, 0.1) is 0 Å². The predicted octanol–water partition coefficient (Wildman–Crippen LogP) is 7.76. The number of carbonyl (C=O) groups excluding carboxylic acids is 2. The first-order valence-electron chi connectivity index (χ1n) is 20.1. The van der Waals surface area contributed by atoms with Gasteiger partial charge in [0.15, 0.2) is 0 Å². The highest BCUT2D eigenvalue weighted by Gasteiger charge is 2.50. The van der Waals surface area contributed by atoms with E-state index in [1.54, 1.807) is 23.1 Å². The lowest BCUT2D eigenvalue weighted by Crippen LogP contribution is -2.54. The molecule has 2 atom stereocenters. The summed E-state index contributed by atoms with van der Waals surface area (Å²) in [5.74, 6) is -1.05. The Kier molecular flexibility index (Phi) is 13.5. The summed E-state index contributed by atoms with van der Waals surface area (Å²) in [7, 11) is 0. The molecule has 3 saturated heterocycles. The molecule has 1 spiro atoms. The first-order valence-corrected chi connectivity index (χ1v) is 20.9. The zero-order chi connectivity index (χ0) is 42.9. The molecule has 1 N–H and O–H groups in total. The Labute approximate surface area is 354 Å². The minimum Gasteiger partial charge on any atom is -0.394 e. The van der Waals surface area contributed by atoms with E-state index in [-0.39, 0.29) is 79.2 Å². The third-order valence-electron chi connectivity index (χ3n) is 12.6. The molecule has 0 unspecified atom stereocenters. The SMILES string of the molecule is O=C(CO[C@H]1Cc2ccccc2C12CCN(CC[C@@]1(c3ccc(Cl)c(Cl)c3)CN(C(=O)c3cc(C(F)(F)F)cc(C(F)(F)F)c3)CCO1)CC2)N1CCC(OCCO)CC1. The van der Waals surface area contributed by atoms with Gasteiger partial charge in [-0.05, 0) is 98.6 Å². The highest BCUT2D eigenvalue weighted by Crippen LogP contribution is 2.48. The van der Waals surface area contributed by atoms with Gasteiger partial charge in [0, 0.05) is 37.2 Å². The van der Waals surface area contributed by atoms with Crippen molar-refractivity contribution < 1.29 is 55.2 Å². The molecule has 17 heteroatoms. The molecule has 3 fully saturated rings. The molecule has 3 aromatic carbocycles. The summed E-state index contributed by atoms with van der Waals surface area (Å²) in [5, 5.41) is 9.56. The first kappa shape index (κ1) is 44.6. The number of aliphatic hydroxyl groups excluding tert-OH is 1. The molecule has 3 heterocycles. The van der Waals surface area contributed by atoms with Gasteiger partial charge in [-0.2, -0.15) is 26.3 Å². The van der Waals surface area contributed by atoms with Crippen molar-refractivity contribution in [2.24, 2.45) is 0 Å². The number of hydrogen-bond donors (Lipinski definition) is 1. The van der Waals surface area contributed by atoms with Crippen LogP contribution in [-0.2, 0) is 48.8 Å². The number of nitrogens with zero attached hydrogens (tertiary/aromatic N) is 3. The quantitative estimate of drug-likeness (QED) is 0.197. The van der Waals surface area contributed by atoms with Gasteiger partial charge in [0.05, 0.1) is 59.7 Å². The van der Waals surface area contributed by atoms with Gasteiger partial charge in [0.1, 0.15) is 12.2 Å². The van der Waals surface area contributed by atoms with Crippen LogP contribution >= 0.6 is 23.2 Å². The number of likely N-dealkylation sites (tertiary alicyclic amines) is 2. The topological polar surface area (TPSA) is 91.8 Å². The number of morpholine rings is 1. The van der Waals surface area contributed by atoms with Crippen LogP contribution in [0.25, 0.3) is 0 Å². The lowest BCUT2D eigenvalue weighted by Gasteiger charge is -2.46. The summed E-state index contributed by atoms with van der Waals surface area (Å²) in [6, 6.07) is 14.0. The highest BCUT2D eigenvalue weighted by atomic mass is 35.5. The molecule has 2 amide bonds. The molecule has 0 saturated carbocycles. The Morgan fingerprint density at radius 1 is 0.833 bits per heavy atom. The third-order valence-corrected chi connectivity index (χ3v) is 13.3. The van der Waals surface area contributed by atoms with Crippen molar-refractivity contribution in [3.63, 3.8) is 0 Å². The number of carbonyl (C=O) groups is 2. The van der Waals surface area contributed by atoms with Gasteiger partial charge in [-0.15, -0.1) is 0 Å². The molecular weight excluding hydrogens is 839 g/mol. The van der Waals surface area contributed by atoms with Crippen molar-refractivity contribution in [2.45, 2.75) is 74.1 Å². The average molecular weight is 887 g/mol. The molecule has 7 rings (SSSR count). The Bertz CT molecular complexity index is 1990. The van der Waals surface area contributed by atoms with Crippen LogP contribution in [0.4, 0.5) is 26.3 Å². The Hall–Kier alpha value is -3.44. The van der Waals surface area contributed by atoms with Crippen molar-refractivity contribution in [1.82, 2.24) is 14.7 Å². The maximum absolute atomic E-state index is 13.8. The van der Waals surface area contributed by atoms with Gasteiger partial charge < -0.3 is 34.0 Å². The molecule has 3 aliphatic heterocycles. The van der Waals surface area contributed by atoms with Gasteiger partial charge in [-0.1, -0.05) is 53.5 Å². The molecule has 9 nitrogen and oxygen atoms in total. The molecule has 0 aromatic heterocycles. The minimum atomic E-state index is -5.11. The summed E-state index contributed by atoms with van der Waals surface area (Å²) in [4.78, 5) is 32.5. The number of halogens is 8. The van der Waals surface area contributed by atoms with E-state index in [1.807, 2.05) is 12.1 Å². The summed E-state index contributed by atoms with van der Waals surface area (Å²) < 4.78 is 101.